The van der Waals surface area contributed by atoms with Crippen LogP contribution in [0.25, 0.3) is 5.57 Å². The molecule has 1 aliphatic carbocycles. The fraction of sp³-hybridized carbons (Fsp3) is 0.273. The number of benzene rings is 1. The maximum atomic E-state index is 5.93. The second-order valence-electron chi connectivity index (χ2n) is 3.27. The number of nitrogens with two attached hydrogens (primary N) is 1. The fourth-order valence-electron chi connectivity index (χ4n) is 1.76. The molecule has 0 saturated heterocycles. The molecule has 1 aromatic carbocycles. The Morgan fingerprint density at radius 3 is 3.00 bits per heavy atom. The van der Waals surface area contributed by atoms with Gasteiger partial charge in [-0.1, -0.05) is 23.7 Å². The van der Waals surface area contributed by atoms with Crippen LogP contribution in [0, 0.1) is 0 Å². The Labute approximate surface area is 83.2 Å². The molecule has 2 N–H and O–H groups in total. The number of halogens is 1. The van der Waals surface area contributed by atoms with Crippen molar-refractivity contribution < 1.29 is 0 Å². The van der Waals surface area contributed by atoms with E-state index in [1.165, 1.54) is 16.7 Å². The molecule has 2 rings (SSSR count). The van der Waals surface area contributed by atoms with Crippen molar-refractivity contribution in [2.24, 2.45) is 5.73 Å². The van der Waals surface area contributed by atoms with Gasteiger partial charge in [0.2, 0.25) is 0 Å². The Hall–Kier alpha value is -0.790. The van der Waals surface area contributed by atoms with Gasteiger partial charge in [0.15, 0.2) is 0 Å². The molecule has 0 fully saturated rings. The van der Waals surface area contributed by atoms with Gasteiger partial charge in [-0.25, -0.2) is 0 Å². The third kappa shape index (κ3) is 1.62. The molecule has 0 saturated carbocycles. The van der Waals surface area contributed by atoms with Crippen LogP contribution in [0.4, 0.5) is 0 Å². The number of allylic oxidation sites excluding steroid dienone is 1. The van der Waals surface area contributed by atoms with Gasteiger partial charge in [0.05, 0.1) is 0 Å². The minimum Gasteiger partial charge on any atom is -0.330 e. The molecule has 2 heteroatoms. The lowest BCUT2D eigenvalue weighted by Crippen LogP contribution is -1.99. The molecule has 0 unspecified atom stereocenters. The fourth-order valence-corrected chi connectivity index (χ4v) is 1.93. The van der Waals surface area contributed by atoms with Gasteiger partial charge in [0, 0.05) is 5.02 Å². The molecule has 68 valence electrons. The van der Waals surface area contributed by atoms with E-state index in [9.17, 15) is 0 Å². The maximum Gasteiger partial charge on any atom is 0.0412 e. The molecule has 0 heterocycles. The molecule has 0 bridgehead atoms. The van der Waals surface area contributed by atoms with Crippen molar-refractivity contribution in [3.63, 3.8) is 0 Å². The predicted molar refractivity (Wildman–Crippen MR) is 56.8 cm³/mol. The van der Waals surface area contributed by atoms with Gasteiger partial charge in [-0.2, -0.15) is 0 Å². The summed E-state index contributed by atoms with van der Waals surface area (Å²) < 4.78 is 0. The minimum absolute atomic E-state index is 0.706. The number of hydrogen-bond donors (Lipinski definition) is 1. The first-order chi connectivity index (χ1) is 6.31. The Kier molecular flexibility index (Phi) is 2.38. The summed E-state index contributed by atoms with van der Waals surface area (Å²) >= 11 is 5.93. The molecule has 0 radical (unpaired) electrons. The van der Waals surface area contributed by atoms with Crippen molar-refractivity contribution in [3.8, 4) is 0 Å². The summed E-state index contributed by atoms with van der Waals surface area (Å²) in [6.07, 6.45) is 4.23. The lowest BCUT2D eigenvalue weighted by Gasteiger charge is -2.04. The third-order valence-corrected chi connectivity index (χ3v) is 2.64. The van der Waals surface area contributed by atoms with Crippen LogP contribution < -0.4 is 5.73 Å². The Morgan fingerprint density at radius 2 is 2.23 bits per heavy atom. The van der Waals surface area contributed by atoms with Gasteiger partial charge < -0.3 is 5.73 Å². The van der Waals surface area contributed by atoms with Gasteiger partial charge in [-0.05, 0) is 48.2 Å². The zero-order valence-corrected chi connectivity index (χ0v) is 8.14. The maximum absolute atomic E-state index is 5.93. The van der Waals surface area contributed by atoms with Crippen LogP contribution in [-0.4, -0.2) is 6.54 Å². The van der Waals surface area contributed by atoms with E-state index >= 15 is 0 Å². The van der Waals surface area contributed by atoms with Crippen molar-refractivity contribution >= 4 is 17.2 Å². The van der Waals surface area contributed by atoms with Crippen LogP contribution in [0.5, 0.6) is 0 Å². The van der Waals surface area contributed by atoms with E-state index in [4.69, 9.17) is 17.3 Å². The third-order valence-electron chi connectivity index (χ3n) is 2.40. The molecule has 1 aliphatic rings. The van der Waals surface area contributed by atoms with E-state index in [1.807, 2.05) is 12.1 Å². The van der Waals surface area contributed by atoms with E-state index < -0.39 is 0 Å². The van der Waals surface area contributed by atoms with Crippen LogP contribution >= 0.6 is 11.6 Å². The standard InChI is InChI=1S/C11H12ClN/c12-10-4-3-8-1-2-9(5-6-13)11(8)7-10/h2-4,7H,1,5-6,13H2. The second kappa shape index (κ2) is 3.52. The van der Waals surface area contributed by atoms with Crippen molar-refractivity contribution in [2.45, 2.75) is 12.8 Å². The summed E-state index contributed by atoms with van der Waals surface area (Å²) in [7, 11) is 0. The topological polar surface area (TPSA) is 26.0 Å². The molecule has 1 aromatic rings. The van der Waals surface area contributed by atoms with Crippen molar-refractivity contribution in [3.05, 3.63) is 40.4 Å². The predicted octanol–water partition coefficient (Wildman–Crippen LogP) is 2.63. The van der Waals surface area contributed by atoms with Crippen LogP contribution in [0.1, 0.15) is 17.5 Å². The summed E-state index contributed by atoms with van der Waals surface area (Å²) in [5.74, 6) is 0. The van der Waals surface area contributed by atoms with Gasteiger partial charge in [0.1, 0.15) is 0 Å². The first-order valence-electron chi connectivity index (χ1n) is 4.49. The summed E-state index contributed by atoms with van der Waals surface area (Å²) in [5.41, 5.74) is 9.54. The first kappa shape index (κ1) is 8.79. The summed E-state index contributed by atoms with van der Waals surface area (Å²) in [6.45, 7) is 0.706. The largest absolute Gasteiger partial charge is 0.330 e. The lowest BCUT2D eigenvalue weighted by molar-refractivity contribution is 1.02. The van der Waals surface area contributed by atoms with Gasteiger partial charge in [-0.3, -0.25) is 0 Å². The highest BCUT2D eigenvalue weighted by molar-refractivity contribution is 6.30. The van der Waals surface area contributed by atoms with Crippen molar-refractivity contribution in [1.82, 2.24) is 0 Å². The number of rotatable bonds is 2. The van der Waals surface area contributed by atoms with E-state index in [-0.39, 0.29) is 0 Å². The molecule has 13 heavy (non-hydrogen) atoms. The number of fused-ring (bicyclic) bond motifs is 1. The SMILES string of the molecule is NCCC1=CCc2ccc(Cl)cc21. The summed E-state index contributed by atoms with van der Waals surface area (Å²) in [5, 5.41) is 0.809. The molecule has 1 nitrogen and oxygen atoms in total. The molecule has 0 atom stereocenters. The second-order valence-corrected chi connectivity index (χ2v) is 3.71. The Morgan fingerprint density at radius 1 is 1.38 bits per heavy atom. The van der Waals surface area contributed by atoms with Gasteiger partial charge in [0.25, 0.3) is 0 Å². The highest BCUT2D eigenvalue weighted by Crippen LogP contribution is 2.31. The van der Waals surface area contributed by atoms with Crippen molar-refractivity contribution in [2.75, 3.05) is 6.54 Å². The highest BCUT2D eigenvalue weighted by atomic mass is 35.5. The van der Waals surface area contributed by atoms with E-state index in [0.717, 1.165) is 17.9 Å². The Balaban J connectivity index is 2.36. The molecule has 0 aromatic heterocycles. The highest BCUT2D eigenvalue weighted by Gasteiger charge is 2.12. The zero-order chi connectivity index (χ0) is 9.26. The monoisotopic (exact) mass is 193 g/mol. The van der Waals surface area contributed by atoms with Crippen LogP contribution in [0.3, 0.4) is 0 Å². The Bertz CT molecular complexity index is 355. The first-order valence-corrected chi connectivity index (χ1v) is 4.87. The molecule has 0 amide bonds. The molecule has 0 aliphatic heterocycles. The number of hydrogen-bond acceptors (Lipinski definition) is 1. The van der Waals surface area contributed by atoms with E-state index in [1.54, 1.807) is 0 Å². The average molecular weight is 194 g/mol. The molecular weight excluding hydrogens is 182 g/mol. The molecule has 0 spiro atoms. The van der Waals surface area contributed by atoms with E-state index in [0.29, 0.717) is 6.54 Å². The smallest absolute Gasteiger partial charge is 0.0412 e. The normalized spacial score (nSPS) is 14.2. The lowest BCUT2D eigenvalue weighted by atomic mass is 10.0. The summed E-state index contributed by atoms with van der Waals surface area (Å²) in [4.78, 5) is 0. The average Bonchev–Trinajstić information content (AvgIpc) is 2.49. The van der Waals surface area contributed by atoms with Crippen LogP contribution in [0.15, 0.2) is 24.3 Å². The van der Waals surface area contributed by atoms with E-state index in [2.05, 4.69) is 12.1 Å². The van der Waals surface area contributed by atoms with Crippen molar-refractivity contribution in [1.29, 1.82) is 0 Å². The molecular formula is C11H12ClN. The summed E-state index contributed by atoms with van der Waals surface area (Å²) in [6, 6.07) is 6.07. The van der Waals surface area contributed by atoms with Crippen LogP contribution in [-0.2, 0) is 6.42 Å². The minimum atomic E-state index is 0.706. The zero-order valence-electron chi connectivity index (χ0n) is 7.39. The van der Waals surface area contributed by atoms with Gasteiger partial charge >= 0.3 is 0 Å². The van der Waals surface area contributed by atoms with Crippen LogP contribution in [0.2, 0.25) is 5.02 Å². The van der Waals surface area contributed by atoms with Gasteiger partial charge in [-0.15, -0.1) is 0 Å². The quantitative estimate of drug-likeness (QED) is 0.768.